The van der Waals surface area contributed by atoms with Crippen molar-refractivity contribution in [2.75, 3.05) is 18.6 Å². The molecule has 0 aromatic heterocycles. The van der Waals surface area contributed by atoms with Crippen LogP contribution in [0.3, 0.4) is 0 Å². The molecule has 1 aliphatic heterocycles. The highest BCUT2D eigenvalue weighted by Crippen LogP contribution is 2.71. The zero-order valence-electron chi connectivity index (χ0n) is 12.3. The van der Waals surface area contributed by atoms with Gasteiger partial charge >= 0.3 is 12.1 Å². The Morgan fingerprint density at radius 1 is 1.43 bits per heavy atom. The monoisotopic (exact) mass is 391 g/mol. The maximum Gasteiger partial charge on any atom is 0.394 e. The van der Waals surface area contributed by atoms with Gasteiger partial charge in [-0.3, -0.25) is 9.59 Å². The van der Waals surface area contributed by atoms with E-state index in [4.69, 9.17) is 4.74 Å². The van der Waals surface area contributed by atoms with Crippen molar-refractivity contribution in [3.63, 3.8) is 0 Å². The molecule has 1 amide bonds. The lowest BCUT2D eigenvalue weighted by molar-refractivity contribution is -0.164. The predicted octanol–water partition coefficient (Wildman–Crippen LogP) is 3.03. The van der Waals surface area contributed by atoms with Crippen molar-refractivity contribution in [2.24, 2.45) is 11.8 Å². The molecule has 0 radical (unpaired) electrons. The molecule has 1 spiro atoms. The maximum absolute atomic E-state index is 13.5. The van der Waals surface area contributed by atoms with E-state index in [0.29, 0.717) is 10.2 Å². The van der Waals surface area contributed by atoms with Crippen molar-refractivity contribution in [3.8, 4) is 0 Å². The largest absolute Gasteiger partial charge is 0.466 e. The molecule has 3 atom stereocenters. The number of hydrogen-bond acceptors (Lipinski definition) is 3. The van der Waals surface area contributed by atoms with Gasteiger partial charge in [-0.2, -0.15) is 13.2 Å². The Kier molecular flexibility index (Phi) is 3.51. The van der Waals surface area contributed by atoms with Crippen LogP contribution in [0, 0.1) is 11.8 Å². The Labute approximate surface area is 138 Å². The lowest BCUT2D eigenvalue weighted by Crippen LogP contribution is -2.33. The molecule has 1 heterocycles. The average Bonchev–Trinajstić information content (AvgIpc) is 3.11. The summed E-state index contributed by atoms with van der Waals surface area (Å²) in [5.74, 6) is -5.32. The van der Waals surface area contributed by atoms with Crippen molar-refractivity contribution in [1.82, 2.24) is 0 Å². The van der Waals surface area contributed by atoms with Crippen LogP contribution in [0.5, 0.6) is 0 Å². The highest BCUT2D eigenvalue weighted by atomic mass is 79.9. The van der Waals surface area contributed by atoms with E-state index in [1.165, 1.54) is 18.9 Å². The molecule has 3 rings (SSSR count). The first-order chi connectivity index (χ1) is 10.7. The van der Waals surface area contributed by atoms with Crippen LogP contribution in [0.25, 0.3) is 0 Å². The number of halogens is 4. The number of hydrogen-bond donors (Lipinski definition) is 0. The van der Waals surface area contributed by atoms with Gasteiger partial charge in [-0.1, -0.05) is 22.0 Å². The maximum atomic E-state index is 13.5. The number of ether oxygens (including phenoxy) is 1. The summed E-state index contributed by atoms with van der Waals surface area (Å²) in [6.45, 7) is 1.48. The molecule has 0 saturated heterocycles. The number of alkyl halides is 3. The summed E-state index contributed by atoms with van der Waals surface area (Å²) >= 11 is 3.23. The minimum Gasteiger partial charge on any atom is -0.466 e. The van der Waals surface area contributed by atoms with Crippen LogP contribution < -0.4 is 4.90 Å². The summed E-state index contributed by atoms with van der Waals surface area (Å²) in [5.41, 5.74) is -1.33. The van der Waals surface area contributed by atoms with Crippen molar-refractivity contribution < 1.29 is 27.5 Å². The molecule has 0 bridgehead atoms. The highest BCUT2D eigenvalue weighted by Gasteiger charge is 2.85. The topological polar surface area (TPSA) is 46.6 Å². The lowest BCUT2D eigenvalue weighted by atomic mass is 9.93. The van der Waals surface area contributed by atoms with Crippen LogP contribution >= 0.6 is 15.9 Å². The van der Waals surface area contributed by atoms with Crippen LogP contribution in [0.1, 0.15) is 12.5 Å². The van der Waals surface area contributed by atoms with Gasteiger partial charge in [-0.15, -0.1) is 0 Å². The van der Waals surface area contributed by atoms with E-state index in [1.807, 2.05) is 0 Å². The van der Waals surface area contributed by atoms with Crippen LogP contribution in [-0.4, -0.2) is 31.7 Å². The number of amides is 1. The van der Waals surface area contributed by atoms with Gasteiger partial charge < -0.3 is 9.64 Å². The molecular formula is C15H13BrF3NO3. The Hall–Kier alpha value is -1.57. The fourth-order valence-electron chi connectivity index (χ4n) is 3.66. The van der Waals surface area contributed by atoms with Gasteiger partial charge in [-0.05, 0) is 19.1 Å². The lowest BCUT2D eigenvalue weighted by Gasteiger charge is -2.13. The van der Waals surface area contributed by atoms with Crippen molar-refractivity contribution >= 4 is 33.5 Å². The fourth-order valence-corrected chi connectivity index (χ4v) is 4.35. The molecule has 8 heteroatoms. The van der Waals surface area contributed by atoms with Gasteiger partial charge in [0.2, 0.25) is 5.91 Å². The fraction of sp³-hybridized carbons (Fsp3) is 0.467. The molecular weight excluding hydrogens is 379 g/mol. The zero-order valence-corrected chi connectivity index (χ0v) is 13.9. The number of anilines is 1. The van der Waals surface area contributed by atoms with Gasteiger partial charge in [0.15, 0.2) is 0 Å². The number of carbonyl (C=O) groups excluding carboxylic acids is 2. The Morgan fingerprint density at radius 2 is 2.09 bits per heavy atom. The normalized spacial score (nSPS) is 29.0. The Morgan fingerprint density at radius 3 is 2.65 bits per heavy atom. The number of carbonyl (C=O) groups is 2. The van der Waals surface area contributed by atoms with Crippen LogP contribution in [-0.2, 0) is 19.7 Å². The van der Waals surface area contributed by atoms with Gasteiger partial charge in [-0.25, -0.2) is 0 Å². The van der Waals surface area contributed by atoms with E-state index in [-0.39, 0.29) is 12.2 Å². The van der Waals surface area contributed by atoms with Gasteiger partial charge in [0, 0.05) is 22.8 Å². The number of likely N-dealkylation sites (N-methyl/N-ethyl adjacent to an activating group) is 1. The smallest absolute Gasteiger partial charge is 0.394 e. The summed E-state index contributed by atoms with van der Waals surface area (Å²) in [6, 6.07) is 4.78. The molecule has 1 fully saturated rings. The predicted molar refractivity (Wildman–Crippen MR) is 78.9 cm³/mol. The van der Waals surface area contributed by atoms with Crippen LogP contribution in [0.4, 0.5) is 18.9 Å². The number of fused-ring (bicyclic) bond motifs is 2. The van der Waals surface area contributed by atoms with Crippen molar-refractivity contribution in [1.29, 1.82) is 0 Å². The molecule has 4 nitrogen and oxygen atoms in total. The van der Waals surface area contributed by atoms with E-state index in [9.17, 15) is 22.8 Å². The van der Waals surface area contributed by atoms with Gasteiger partial charge in [0.25, 0.3) is 0 Å². The van der Waals surface area contributed by atoms with E-state index < -0.39 is 35.3 Å². The Balaban J connectivity index is 2.21. The van der Waals surface area contributed by atoms with Gasteiger partial charge in [0.1, 0.15) is 5.41 Å². The minimum atomic E-state index is -4.68. The second-order valence-corrected chi connectivity index (χ2v) is 6.47. The van der Waals surface area contributed by atoms with E-state index >= 15 is 0 Å². The third-order valence-corrected chi connectivity index (χ3v) is 5.18. The molecule has 1 aromatic carbocycles. The molecule has 1 aliphatic carbocycles. The molecule has 2 unspecified atom stereocenters. The average molecular weight is 392 g/mol. The first-order valence-electron chi connectivity index (χ1n) is 6.99. The second-order valence-electron chi connectivity index (χ2n) is 5.62. The van der Waals surface area contributed by atoms with Gasteiger partial charge in [0.05, 0.1) is 18.4 Å². The molecule has 124 valence electrons. The molecule has 2 aliphatic rings. The van der Waals surface area contributed by atoms with Crippen LogP contribution in [0.15, 0.2) is 22.7 Å². The third-order valence-electron chi connectivity index (χ3n) is 4.52. The van der Waals surface area contributed by atoms with E-state index in [1.54, 1.807) is 18.2 Å². The highest BCUT2D eigenvalue weighted by molar-refractivity contribution is 9.10. The quantitative estimate of drug-likeness (QED) is 0.728. The molecule has 1 saturated carbocycles. The summed E-state index contributed by atoms with van der Waals surface area (Å²) < 4.78 is 45.7. The SMILES string of the molecule is CCOC(=O)C1C(C(F)(F)F)[C@@]12C(=O)N(C)c1cccc(Br)c12. The minimum absolute atomic E-state index is 0.0389. The third kappa shape index (κ3) is 1.96. The van der Waals surface area contributed by atoms with E-state index in [0.717, 1.165) is 0 Å². The van der Waals surface area contributed by atoms with Crippen LogP contribution in [0.2, 0.25) is 0 Å². The first kappa shape index (κ1) is 16.3. The molecule has 23 heavy (non-hydrogen) atoms. The number of esters is 1. The summed E-state index contributed by atoms with van der Waals surface area (Å²) in [6.07, 6.45) is -4.68. The van der Waals surface area contributed by atoms with Crippen molar-refractivity contribution in [3.05, 3.63) is 28.2 Å². The number of rotatable bonds is 2. The Bertz CT molecular complexity index is 706. The molecule has 0 N–H and O–H groups in total. The summed E-state index contributed by atoms with van der Waals surface area (Å²) in [7, 11) is 1.41. The second kappa shape index (κ2) is 4.96. The number of benzene rings is 1. The summed E-state index contributed by atoms with van der Waals surface area (Å²) in [4.78, 5) is 25.9. The van der Waals surface area contributed by atoms with Crippen molar-refractivity contribution in [2.45, 2.75) is 18.5 Å². The standard InChI is InChI=1S/C15H13BrF3NO3/c1-3-23-12(21)10-11(15(17,18)19)14(10)9-7(16)5-4-6-8(9)20(2)13(14)22/h4-6,10-11H,3H2,1-2H3/t10?,11?,14-/m0/s1. The molecule has 1 aromatic rings. The number of nitrogens with zero attached hydrogens (tertiary/aromatic N) is 1. The summed E-state index contributed by atoms with van der Waals surface area (Å²) in [5, 5.41) is 0. The first-order valence-corrected chi connectivity index (χ1v) is 7.78. The van der Waals surface area contributed by atoms with E-state index in [2.05, 4.69) is 15.9 Å². The zero-order chi connectivity index (χ0) is 17.2.